The van der Waals surface area contributed by atoms with Gasteiger partial charge in [-0.2, -0.15) is 4.31 Å². The number of sulfonamides is 2. The molecule has 2 aromatic rings. The Morgan fingerprint density at radius 1 is 0.964 bits per heavy atom. The zero-order valence-electron chi connectivity index (χ0n) is 15.8. The van der Waals surface area contributed by atoms with E-state index in [1.807, 2.05) is 6.92 Å². The highest BCUT2D eigenvalue weighted by Crippen LogP contribution is 2.21. The van der Waals surface area contributed by atoms with Crippen LogP contribution in [0.1, 0.15) is 30.4 Å². The average Bonchev–Trinajstić information content (AvgIpc) is 2.67. The summed E-state index contributed by atoms with van der Waals surface area (Å²) in [7, 11) is -7.36. The molecule has 1 aromatic heterocycles. The van der Waals surface area contributed by atoms with Gasteiger partial charge in [0.1, 0.15) is 10.7 Å². The van der Waals surface area contributed by atoms with Gasteiger partial charge in [0.05, 0.1) is 4.90 Å². The van der Waals surface area contributed by atoms with Crippen LogP contribution in [0, 0.1) is 13.8 Å². The molecule has 3 rings (SSSR count). The molecule has 2 N–H and O–H groups in total. The zero-order valence-corrected chi connectivity index (χ0v) is 17.5. The summed E-state index contributed by atoms with van der Waals surface area (Å²) in [6, 6.07) is 7.90. The smallest absolute Gasteiger partial charge is 0.257 e. The normalized spacial score (nSPS) is 16.1. The Kier molecular flexibility index (Phi) is 6.04. The number of hydrogen-bond acceptors (Lipinski definition) is 6. The predicted molar refractivity (Wildman–Crippen MR) is 107 cm³/mol. The second kappa shape index (κ2) is 8.16. The SMILES string of the molecule is Cc1ccc(S(=O)(=O)NNc2ccc(S(=O)(=O)N3CCCCC3)cn2)c(C)c1. The minimum absolute atomic E-state index is 0.0946. The van der Waals surface area contributed by atoms with Gasteiger partial charge in [-0.3, -0.25) is 5.43 Å². The lowest BCUT2D eigenvalue weighted by atomic mass is 10.2. The first-order chi connectivity index (χ1) is 13.2. The number of anilines is 1. The van der Waals surface area contributed by atoms with Crippen molar-refractivity contribution < 1.29 is 16.8 Å². The van der Waals surface area contributed by atoms with Gasteiger partial charge in [-0.15, -0.1) is 4.83 Å². The number of aromatic nitrogens is 1. The summed E-state index contributed by atoms with van der Waals surface area (Å²) in [5.74, 6) is 0.200. The summed E-state index contributed by atoms with van der Waals surface area (Å²) in [4.78, 5) is 6.56. The highest BCUT2D eigenvalue weighted by molar-refractivity contribution is 7.89. The van der Waals surface area contributed by atoms with Crippen molar-refractivity contribution in [2.24, 2.45) is 0 Å². The van der Waals surface area contributed by atoms with E-state index >= 15 is 0 Å². The third-order valence-corrected chi connectivity index (χ3v) is 7.91. The minimum atomic E-state index is -3.79. The van der Waals surface area contributed by atoms with Crippen LogP contribution in [0.2, 0.25) is 0 Å². The van der Waals surface area contributed by atoms with Gasteiger partial charge in [-0.05, 0) is 50.5 Å². The van der Waals surface area contributed by atoms with Crippen LogP contribution in [-0.4, -0.2) is 39.2 Å². The molecule has 1 aliphatic rings. The lowest BCUT2D eigenvalue weighted by Crippen LogP contribution is -2.35. The molecule has 1 aromatic carbocycles. The maximum atomic E-state index is 12.6. The monoisotopic (exact) mass is 424 g/mol. The average molecular weight is 425 g/mol. The van der Waals surface area contributed by atoms with Crippen LogP contribution in [0.5, 0.6) is 0 Å². The Morgan fingerprint density at radius 3 is 2.29 bits per heavy atom. The first-order valence-electron chi connectivity index (χ1n) is 9.01. The molecule has 2 heterocycles. The Hall–Kier alpha value is -2.01. The molecule has 10 heteroatoms. The Labute approximate surface area is 166 Å². The summed E-state index contributed by atoms with van der Waals surface area (Å²) in [5, 5.41) is 0. The fourth-order valence-electron chi connectivity index (χ4n) is 3.14. The second-order valence-corrected chi connectivity index (χ2v) is 10.4. The van der Waals surface area contributed by atoms with Crippen LogP contribution in [0.3, 0.4) is 0 Å². The van der Waals surface area contributed by atoms with Crippen molar-refractivity contribution in [1.29, 1.82) is 0 Å². The van der Waals surface area contributed by atoms with Crippen molar-refractivity contribution in [2.75, 3.05) is 18.5 Å². The van der Waals surface area contributed by atoms with E-state index in [4.69, 9.17) is 0 Å². The highest BCUT2D eigenvalue weighted by atomic mass is 32.2. The number of piperidine rings is 1. The van der Waals surface area contributed by atoms with Crippen molar-refractivity contribution in [3.8, 4) is 0 Å². The van der Waals surface area contributed by atoms with E-state index in [2.05, 4.69) is 15.2 Å². The first kappa shape index (κ1) is 20.7. The van der Waals surface area contributed by atoms with Gasteiger partial charge in [0.15, 0.2) is 0 Å². The van der Waals surface area contributed by atoms with Crippen molar-refractivity contribution in [3.05, 3.63) is 47.7 Å². The molecule has 8 nitrogen and oxygen atoms in total. The van der Waals surface area contributed by atoms with E-state index in [1.54, 1.807) is 19.1 Å². The van der Waals surface area contributed by atoms with Crippen LogP contribution in [-0.2, 0) is 20.0 Å². The topological polar surface area (TPSA) is 108 Å². The molecule has 0 radical (unpaired) electrons. The van der Waals surface area contributed by atoms with Crippen LogP contribution < -0.4 is 10.3 Å². The molecule has 0 bridgehead atoms. The maximum Gasteiger partial charge on any atom is 0.257 e. The molecule has 0 unspecified atom stereocenters. The Morgan fingerprint density at radius 2 is 1.68 bits per heavy atom. The maximum absolute atomic E-state index is 12.6. The van der Waals surface area contributed by atoms with Gasteiger partial charge in [0.2, 0.25) is 10.0 Å². The lowest BCUT2D eigenvalue weighted by Gasteiger charge is -2.25. The molecule has 0 spiro atoms. The van der Waals surface area contributed by atoms with Gasteiger partial charge in [-0.1, -0.05) is 24.1 Å². The third kappa shape index (κ3) is 4.52. The second-order valence-electron chi connectivity index (χ2n) is 6.84. The number of hydrogen-bond donors (Lipinski definition) is 2. The number of hydrazine groups is 1. The molecule has 1 aliphatic heterocycles. The lowest BCUT2D eigenvalue weighted by molar-refractivity contribution is 0.346. The fourth-order valence-corrected chi connectivity index (χ4v) is 5.68. The van der Waals surface area contributed by atoms with Crippen LogP contribution in [0.25, 0.3) is 0 Å². The summed E-state index contributed by atoms with van der Waals surface area (Å²) >= 11 is 0. The van der Waals surface area contributed by atoms with Crippen LogP contribution in [0.4, 0.5) is 5.82 Å². The molecule has 0 atom stereocenters. The molecule has 1 fully saturated rings. The molecule has 0 aliphatic carbocycles. The number of benzene rings is 1. The molecule has 152 valence electrons. The van der Waals surface area contributed by atoms with Crippen LogP contribution >= 0.6 is 0 Å². The van der Waals surface area contributed by atoms with Gasteiger partial charge in [0.25, 0.3) is 10.0 Å². The van der Waals surface area contributed by atoms with E-state index in [0.717, 1.165) is 24.8 Å². The largest absolute Gasteiger partial charge is 0.292 e. The zero-order chi connectivity index (χ0) is 20.4. The summed E-state index contributed by atoms with van der Waals surface area (Å²) in [6.07, 6.45) is 3.98. The molecular formula is C18H24N4O4S2. The quantitative estimate of drug-likeness (QED) is 0.688. The third-order valence-electron chi connectivity index (χ3n) is 4.62. The molecule has 28 heavy (non-hydrogen) atoms. The predicted octanol–water partition coefficient (Wildman–Crippen LogP) is 2.18. The van der Waals surface area contributed by atoms with Gasteiger partial charge in [-0.25, -0.2) is 21.8 Å². The Balaban J connectivity index is 1.70. The summed E-state index contributed by atoms with van der Waals surface area (Å²) in [5.41, 5.74) is 4.12. The standard InChI is InChI=1S/C18H24N4O4S2/c1-14-6-8-17(15(2)12-14)27(23,24)21-20-18-9-7-16(13-19-18)28(25,26)22-10-4-3-5-11-22/h6-9,12-13,21H,3-5,10-11H2,1-2H3,(H,19,20). The number of aryl methyl sites for hydroxylation is 2. The van der Waals surface area contributed by atoms with Crippen molar-refractivity contribution in [3.63, 3.8) is 0 Å². The fraction of sp³-hybridized carbons (Fsp3) is 0.389. The number of pyridine rings is 1. The Bertz CT molecular complexity index is 1050. The summed E-state index contributed by atoms with van der Waals surface area (Å²) in [6.45, 7) is 4.63. The van der Waals surface area contributed by atoms with Crippen molar-refractivity contribution in [1.82, 2.24) is 14.1 Å². The molecule has 0 saturated carbocycles. The molecular weight excluding hydrogens is 400 g/mol. The van der Waals surface area contributed by atoms with Gasteiger partial charge >= 0.3 is 0 Å². The van der Waals surface area contributed by atoms with Crippen molar-refractivity contribution >= 4 is 25.9 Å². The number of nitrogens with zero attached hydrogens (tertiary/aromatic N) is 2. The van der Waals surface area contributed by atoms with Crippen molar-refractivity contribution in [2.45, 2.75) is 42.9 Å². The van der Waals surface area contributed by atoms with Gasteiger partial charge in [0, 0.05) is 19.3 Å². The number of rotatable bonds is 6. The first-order valence-corrected chi connectivity index (χ1v) is 11.9. The minimum Gasteiger partial charge on any atom is -0.292 e. The van der Waals surface area contributed by atoms with E-state index in [1.165, 1.54) is 28.7 Å². The van der Waals surface area contributed by atoms with Gasteiger partial charge < -0.3 is 0 Å². The number of nitrogens with one attached hydrogen (secondary N) is 2. The van der Waals surface area contributed by atoms with E-state index in [-0.39, 0.29) is 15.6 Å². The summed E-state index contributed by atoms with van der Waals surface area (Å²) < 4.78 is 51.6. The van der Waals surface area contributed by atoms with E-state index in [9.17, 15) is 16.8 Å². The van der Waals surface area contributed by atoms with E-state index < -0.39 is 20.0 Å². The van der Waals surface area contributed by atoms with E-state index in [0.29, 0.717) is 18.7 Å². The van der Waals surface area contributed by atoms with Crippen LogP contribution in [0.15, 0.2) is 46.3 Å². The molecule has 1 saturated heterocycles. The molecule has 0 amide bonds. The highest BCUT2D eigenvalue weighted by Gasteiger charge is 2.26.